The Morgan fingerprint density at radius 2 is 2.05 bits per heavy atom. The van der Waals surface area contributed by atoms with Crippen LogP contribution in [0.15, 0.2) is 30.3 Å². The lowest BCUT2D eigenvalue weighted by molar-refractivity contribution is -0.152. The molecule has 0 radical (unpaired) electrons. The van der Waals surface area contributed by atoms with Gasteiger partial charge in [-0.05, 0) is 18.4 Å². The summed E-state index contributed by atoms with van der Waals surface area (Å²) >= 11 is 0. The van der Waals surface area contributed by atoms with Crippen LogP contribution >= 0.6 is 0 Å². The van der Waals surface area contributed by atoms with E-state index in [9.17, 15) is 14.7 Å². The van der Waals surface area contributed by atoms with E-state index >= 15 is 0 Å². The van der Waals surface area contributed by atoms with Crippen LogP contribution in [0.2, 0.25) is 0 Å². The summed E-state index contributed by atoms with van der Waals surface area (Å²) in [7, 11) is 0. The Bertz CT molecular complexity index is 472. The van der Waals surface area contributed by atoms with Crippen LogP contribution < -0.4 is 0 Å². The topological polar surface area (TPSA) is 57.6 Å². The van der Waals surface area contributed by atoms with Crippen LogP contribution in [0.5, 0.6) is 0 Å². The first-order valence-electron chi connectivity index (χ1n) is 7.22. The van der Waals surface area contributed by atoms with Gasteiger partial charge >= 0.3 is 5.97 Å². The van der Waals surface area contributed by atoms with Crippen LogP contribution in [-0.2, 0) is 9.59 Å². The zero-order valence-corrected chi connectivity index (χ0v) is 11.8. The molecule has 1 heterocycles. The first kappa shape index (κ1) is 14.6. The molecule has 0 spiro atoms. The van der Waals surface area contributed by atoms with Crippen molar-refractivity contribution in [2.45, 2.75) is 38.6 Å². The predicted octanol–water partition coefficient (Wildman–Crippen LogP) is 2.85. The molecule has 0 bridgehead atoms. The van der Waals surface area contributed by atoms with Crippen LogP contribution in [0.1, 0.15) is 44.2 Å². The lowest BCUT2D eigenvalue weighted by Gasteiger charge is -2.40. The number of rotatable bonds is 5. The van der Waals surface area contributed by atoms with Gasteiger partial charge in [0.2, 0.25) is 5.91 Å². The Morgan fingerprint density at radius 3 is 2.65 bits per heavy atom. The van der Waals surface area contributed by atoms with Gasteiger partial charge in [-0.1, -0.05) is 43.7 Å². The van der Waals surface area contributed by atoms with Crippen molar-refractivity contribution in [3.63, 3.8) is 0 Å². The summed E-state index contributed by atoms with van der Waals surface area (Å²) in [5, 5.41) is 9.46. The SMILES string of the molecule is CCCCN1C(=O)CC[C@@H](C(=O)O)[C@@H]1c1ccccc1. The van der Waals surface area contributed by atoms with E-state index in [4.69, 9.17) is 0 Å². The number of amides is 1. The van der Waals surface area contributed by atoms with E-state index in [0.717, 1.165) is 18.4 Å². The van der Waals surface area contributed by atoms with Gasteiger partial charge in [-0.2, -0.15) is 0 Å². The molecule has 2 rings (SSSR count). The summed E-state index contributed by atoms with van der Waals surface area (Å²) in [4.78, 5) is 25.5. The molecule has 1 N–H and O–H groups in total. The van der Waals surface area contributed by atoms with Crippen molar-refractivity contribution in [1.29, 1.82) is 0 Å². The quantitative estimate of drug-likeness (QED) is 0.899. The molecule has 1 aliphatic heterocycles. The molecule has 1 aliphatic rings. The lowest BCUT2D eigenvalue weighted by atomic mass is 9.84. The zero-order valence-electron chi connectivity index (χ0n) is 11.8. The third-order valence-corrected chi connectivity index (χ3v) is 3.92. The molecule has 0 saturated carbocycles. The standard InChI is InChI=1S/C16H21NO3/c1-2-3-11-17-14(18)10-9-13(16(19)20)15(17)12-7-5-4-6-8-12/h4-8,13,15H,2-3,9-11H2,1H3,(H,19,20)/t13-,15+/m1/s1. The molecule has 0 aliphatic carbocycles. The highest BCUT2D eigenvalue weighted by Gasteiger charge is 2.40. The summed E-state index contributed by atoms with van der Waals surface area (Å²) in [6.45, 7) is 2.71. The van der Waals surface area contributed by atoms with Gasteiger partial charge in [-0.3, -0.25) is 9.59 Å². The van der Waals surface area contributed by atoms with Crippen LogP contribution in [0.25, 0.3) is 0 Å². The number of carboxylic acid groups (broad SMARTS) is 1. The molecule has 4 heteroatoms. The summed E-state index contributed by atoms with van der Waals surface area (Å²) in [6.07, 6.45) is 2.66. The number of aliphatic carboxylic acids is 1. The molecular weight excluding hydrogens is 254 g/mol. The van der Waals surface area contributed by atoms with Gasteiger partial charge in [0, 0.05) is 13.0 Å². The highest BCUT2D eigenvalue weighted by molar-refractivity contribution is 5.81. The number of hydrogen-bond donors (Lipinski definition) is 1. The second kappa shape index (κ2) is 6.55. The molecule has 1 aromatic carbocycles. The molecule has 1 amide bonds. The number of hydrogen-bond acceptors (Lipinski definition) is 2. The van der Waals surface area contributed by atoms with Gasteiger partial charge in [0.05, 0.1) is 12.0 Å². The molecule has 4 nitrogen and oxygen atoms in total. The van der Waals surface area contributed by atoms with Crippen molar-refractivity contribution >= 4 is 11.9 Å². The molecule has 2 atom stereocenters. The third-order valence-electron chi connectivity index (χ3n) is 3.92. The minimum Gasteiger partial charge on any atom is -0.481 e. The number of nitrogens with zero attached hydrogens (tertiary/aromatic N) is 1. The van der Waals surface area contributed by atoms with Gasteiger partial charge in [-0.15, -0.1) is 0 Å². The first-order valence-corrected chi connectivity index (χ1v) is 7.22. The molecule has 108 valence electrons. The van der Waals surface area contributed by atoms with Crippen molar-refractivity contribution < 1.29 is 14.7 Å². The number of benzene rings is 1. The molecular formula is C16H21NO3. The van der Waals surface area contributed by atoms with Gasteiger partial charge in [0.25, 0.3) is 0 Å². The maximum absolute atomic E-state index is 12.2. The number of carbonyl (C=O) groups is 2. The first-order chi connectivity index (χ1) is 9.65. The summed E-state index contributed by atoms with van der Waals surface area (Å²) < 4.78 is 0. The third kappa shape index (κ3) is 3.00. The van der Waals surface area contributed by atoms with Gasteiger partial charge in [0.1, 0.15) is 0 Å². The van der Waals surface area contributed by atoms with Crippen molar-refractivity contribution in [2.24, 2.45) is 5.92 Å². The van der Waals surface area contributed by atoms with Crippen LogP contribution in [0.4, 0.5) is 0 Å². The second-order valence-electron chi connectivity index (χ2n) is 5.28. The maximum atomic E-state index is 12.2. The van der Waals surface area contributed by atoms with E-state index in [-0.39, 0.29) is 11.9 Å². The monoisotopic (exact) mass is 275 g/mol. The minimum absolute atomic E-state index is 0.0739. The number of carboxylic acids is 1. The highest BCUT2D eigenvalue weighted by atomic mass is 16.4. The van der Waals surface area contributed by atoms with E-state index < -0.39 is 11.9 Å². The fourth-order valence-corrected chi connectivity index (χ4v) is 2.87. The van der Waals surface area contributed by atoms with E-state index in [1.54, 1.807) is 4.90 Å². The fraction of sp³-hybridized carbons (Fsp3) is 0.500. The lowest BCUT2D eigenvalue weighted by Crippen LogP contribution is -2.45. The molecule has 1 saturated heterocycles. The van der Waals surface area contributed by atoms with Crippen molar-refractivity contribution in [3.8, 4) is 0 Å². The zero-order chi connectivity index (χ0) is 14.5. The molecule has 0 aromatic heterocycles. The van der Waals surface area contributed by atoms with Crippen LogP contribution in [-0.4, -0.2) is 28.4 Å². The molecule has 0 unspecified atom stereocenters. The molecule has 1 aromatic rings. The van der Waals surface area contributed by atoms with E-state index in [1.165, 1.54) is 0 Å². The average Bonchev–Trinajstić information content (AvgIpc) is 2.46. The van der Waals surface area contributed by atoms with Crippen molar-refractivity contribution in [3.05, 3.63) is 35.9 Å². The average molecular weight is 275 g/mol. The highest BCUT2D eigenvalue weighted by Crippen LogP contribution is 2.36. The van der Waals surface area contributed by atoms with Gasteiger partial charge in [-0.25, -0.2) is 0 Å². The Hall–Kier alpha value is -1.84. The largest absolute Gasteiger partial charge is 0.481 e. The predicted molar refractivity (Wildman–Crippen MR) is 76.2 cm³/mol. The van der Waals surface area contributed by atoms with Gasteiger partial charge in [0.15, 0.2) is 0 Å². The van der Waals surface area contributed by atoms with Crippen molar-refractivity contribution in [2.75, 3.05) is 6.54 Å². The smallest absolute Gasteiger partial charge is 0.308 e. The Morgan fingerprint density at radius 1 is 1.35 bits per heavy atom. The Labute approximate surface area is 119 Å². The number of carbonyl (C=O) groups excluding carboxylic acids is 1. The van der Waals surface area contributed by atoms with E-state index in [0.29, 0.717) is 19.4 Å². The molecule has 20 heavy (non-hydrogen) atoms. The van der Waals surface area contributed by atoms with Crippen LogP contribution in [0.3, 0.4) is 0 Å². The Balaban J connectivity index is 2.33. The summed E-state index contributed by atoms with van der Waals surface area (Å²) in [6, 6.07) is 9.19. The molecule has 1 fully saturated rings. The summed E-state index contributed by atoms with van der Waals surface area (Å²) in [5.41, 5.74) is 0.920. The Kier molecular flexibility index (Phi) is 4.77. The second-order valence-corrected chi connectivity index (χ2v) is 5.28. The maximum Gasteiger partial charge on any atom is 0.308 e. The number of piperidine rings is 1. The fourth-order valence-electron chi connectivity index (χ4n) is 2.87. The van der Waals surface area contributed by atoms with Crippen molar-refractivity contribution in [1.82, 2.24) is 4.90 Å². The normalized spacial score (nSPS) is 22.9. The number of unbranched alkanes of at least 4 members (excludes halogenated alkanes) is 1. The van der Waals surface area contributed by atoms with Crippen LogP contribution in [0, 0.1) is 5.92 Å². The van der Waals surface area contributed by atoms with E-state index in [1.807, 2.05) is 30.3 Å². The minimum atomic E-state index is -0.812. The van der Waals surface area contributed by atoms with Gasteiger partial charge < -0.3 is 10.0 Å². The number of likely N-dealkylation sites (tertiary alicyclic amines) is 1. The summed E-state index contributed by atoms with van der Waals surface area (Å²) in [5.74, 6) is -1.25. The van der Waals surface area contributed by atoms with E-state index in [2.05, 4.69) is 6.92 Å².